The summed E-state index contributed by atoms with van der Waals surface area (Å²) in [7, 11) is 0. The van der Waals surface area contributed by atoms with Crippen LogP contribution in [-0.2, 0) is 6.42 Å². The van der Waals surface area contributed by atoms with Crippen LogP contribution in [0.15, 0.2) is 36.4 Å². The molecule has 0 spiro atoms. The van der Waals surface area contributed by atoms with E-state index in [4.69, 9.17) is 0 Å². The van der Waals surface area contributed by atoms with Gasteiger partial charge in [0.2, 0.25) is 0 Å². The predicted molar refractivity (Wildman–Crippen MR) is 91.8 cm³/mol. The van der Waals surface area contributed by atoms with Crippen molar-refractivity contribution < 1.29 is 0 Å². The topological polar surface area (TPSA) is 24.9 Å². The molecule has 19 heavy (non-hydrogen) atoms. The molecule has 1 unspecified atom stereocenters. The van der Waals surface area contributed by atoms with Crippen LogP contribution in [0.4, 0.5) is 0 Å². The summed E-state index contributed by atoms with van der Waals surface area (Å²) in [6, 6.07) is 6.53. The molecule has 0 radical (unpaired) electrons. The fraction of sp³-hybridized carbons (Fsp3) is 0.308. The Labute approximate surface area is 142 Å². The molecule has 0 amide bonds. The van der Waals surface area contributed by atoms with Gasteiger partial charge in [-0.25, -0.2) is 0 Å². The van der Waals surface area contributed by atoms with Crippen molar-refractivity contribution >= 4 is 59.1 Å². The van der Waals surface area contributed by atoms with Crippen molar-refractivity contribution in [2.24, 2.45) is 0 Å². The van der Waals surface area contributed by atoms with Crippen LogP contribution in [0.5, 0.6) is 0 Å². The van der Waals surface area contributed by atoms with E-state index in [1.165, 1.54) is 9.35 Å². The summed E-state index contributed by atoms with van der Waals surface area (Å²) in [5.74, 6) is 0. The van der Waals surface area contributed by atoms with Crippen molar-refractivity contribution in [3.8, 4) is 0 Å². The van der Waals surface area contributed by atoms with Crippen LogP contribution in [-0.4, -0.2) is 11.5 Å². The number of thiophene rings is 1. The van der Waals surface area contributed by atoms with Crippen LogP contribution in [0.1, 0.15) is 24.2 Å². The van der Waals surface area contributed by atoms with Gasteiger partial charge < -0.3 is 5.32 Å². The van der Waals surface area contributed by atoms with Crippen LogP contribution in [0, 0.1) is 0 Å². The standard InChI is InChI=1S/C13H13Br3N2S/c1-2-17-11(10-6-12(15)19-13(10)16)5-9-4-3-8(14)7-18-9/h3-4,6-7,11,17H,2,5H2,1H3. The number of halogens is 3. The number of hydrogen-bond acceptors (Lipinski definition) is 3. The lowest BCUT2D eigenvalue weighted by atomic mass is 10.0. The van der Waals surface area contributed by atoms with Crippen LogP contribution >= 0.6 is 59.1 Å². The molecule has 0 aliphatic heterocycles. The van der Waals surface area contributed by atoms with Crippen LogP contribution in [0.2, 0.25) is 0 Å². The average Bonchev–Trinajstić information content (AvgIpc) is 2.71. The first kappa shape index (κ1) is 15.6. The number of pyridine rings is 1. The maximum absolute atomic E-state index is 4.45. The van der Waals surface area contributed by atoms with Gasteiger partial charge in [0.15, 0.2) is 0 Å². The van der Waals surface area contributed by atoms with Gasteiger partial charge in [-0.05, 0) is 78.1 Å². The molecule has 1 N–H and O–H groups in total. The maximum Gasteiger partial charge on any atom is 0.0758 e. The van der Waals surface area contributed by atoms with Gasteiger partial charge in [0.25, 0.3) is 0 Å². The molecule has 1 atom stereocenters. The highest BCUT2D eigenvalue weighted by Gasteiger charge is 2.17. The van der Waals surface area contributed by atoms with Crippen molar-refractivity contribution in [1.82, 2.24) is 10.3 Å². The molecule has 0 bridgehead atoms. The second-order valence-electron chi connectivity index (χ2n) is 4.06. The molecule has 2 heterocycles. The highest BCUT2D eigenvalue weighted by atomic mass is 79.9. The SMILES string of the molecule is CCNC(Cc1ccc(Br)cn1)c1cc(Br)sc1Br. The smallest absolute Gasteiger partial charge is 0.0758 e. The second-order valence-corrected chi connectivity index (χ2v) is 8.73. The van der Waals surface area contributed by atoms with Gasteiger partial charge in [0.1, 0.15) is 0 Å². The summed E-state index contributed by atoms with van der Waals surface area (Å²) >= 11 is 12.3. The summed E-state index contributed by atoms with van der Waals surface area (Å²) in [5.41, 5.74) is 2.37. The van der Waals surface area contributed by atoms with E-state index in [9.17, 15) is 0 Å². The van der Waals surface area contributed by atoms with E-state index in [2.05, 4.69) is 77.1 Å². The summed E-state index contributed by atoms with van der Waals surface area (Å²) in [5, 5.41) is 3.52. The van der Waals surface area contributed by atoms with Crippen LogP contribution < -0.4 is 5.32 Å². The average molecular weight is 469 g/mol. The lowest BCUT2D eigenvalue weighted by Crippen LogP contribution is -2.23. The number of nitrogens with zero attached hydrogens (tertiary/aromatic N) is 1. The van der Waals surface area contributed by atoms with Crippen molar-refractivity contribution in [3.05, 3.63) is 47.7 Å². The van der Waals surface area contributed by atoms with Gasteiger partial charge in [-0.2, -0.15) is 0 Å². The van der Waals surface area contributed by atoms with Gasteiger partial charge in [-0.1, -0.05) is 6.92 Å². The first-order valence-corrected chi connectivity index (χ1v) is 9.08. The summed E-state index contributed by atoms with van der Waals surface area (Å²) in [6.07, 6.45) is 2.72. The minimum Gasteiger partial charge on any atom is -0.310 e. The molecule has 2 rings (SSSR count). The van der Waals surface area contributed by atoms with E-state index in [1.807, 2.05) is 12.3 Å². The van der Waals surface area contributed by atoms with Crippen molar-refractivity contribution in [2.75, 3.05) is 6.54 Å². The molecule has 0 aromatic carbocycles. The van der Waals surface area contributed by atoms with Crippen LogP contribution in [0.3, 0.4) is 0 Å². The molecule has 0 saturated heterocycles. The fourth-order valence-electron chi connectivity index (χ4n) is 1.87. The van der Waals surface area contributed by atoms with Gasteiger partial charge >= 0.3 is 0 Å². The van der Waals surface area contributed by atoms with E-state index >= 15 is 0 Å². The second kappa shape index (κ2) is 7.31. The third-order valence-corrected chi connectivity index (χ3v) is 5.57. The molecule has 6 heteroatoms. The van der Waals surface area contributed by atoms with Gasteiger partial charge in [0, 0.05) is 28.8 Å². The molecule has 2 nitrogen and oxygen atoms in total. The third kappa shape index (κ3) is 4.36. The molecule has 0 aliphatic carbocycles. The quantitative estimate of drug-likeness (QED) is 0.642. The zero-order valence-corrected chi connectivity index (χ0v) is 15.9. The predicted octanol–water partition coefficient (Wildman–Crippen LogP) is 5.32. The highest BCUT2D eigenvalue weighted by molar-refractivity contribution is 9.12. The highest BCUT2D eigenvalue weighted by Crippen LogP contribution is 2.36. The zero-order valence-electron chi connectivity index (χ0n) is 10.3. The molecule has 0 saturated carbocycles. The number of rotatable bonds is 5. The maximum atomic E-state index is 4.45. The summed E-state index contributed by atoms with van der Waals surface area (Å²) in [6.45, 7) is 3.05. The lowest BCUT2D eigenvalue weighted by Gasteiger charge is -2.17. The van der Waals surface area contributed by atoms with E-state index in [0.29, 0.717) is 0 Å². The van der Waals surface area contributed by atoms with Gasteiger partial charge in [-0.3, -0.25) is 4.98 Å². The Bertz CT molecular complexity index is 539. The van der Waals surface area contributed by atoms with Crippen molar-refractivity contribution in [1.29, 1.82) is 0 Å². The number of nitrogens with one attached hydrogen (secondary N) is 1. The fourth-order valence-corrected chi connectivity index (χ4v) is 5.07. The summed E-state index contributed by atoms with van der Waals surface area (Å²) < 4.78 is 3.32. The Kier molecular flexibility index (Phi) is 6.02. The van der Waals surface area contributed by atoms with Gasteiger partial charge in [0.05, 0.1) is 7.57 Å². The Hall–Kier alpha value is 0.250. The molecule has 2 aromatic heterocycles. The third-order valence-electron chi connectivity index (χ3n) is 2.71. The Morgan fingerprint density at radius 3 is 2.63 bits per heavy atom. The van der Waals surface area contributed by atoms with Gasteiger partial charge in [-0.15, -0.1) is 11.3 Å². The molecular formula is C13H13Br3N2S. The molecule has 0 fully saturated rings. The molecule has 102 valence electrons. The minimum atomic E-state index is 0.274. The van der Waals surface area contributed by atoms with Crippen molar-refractivity contribution in [2.45, 2.75) is 19.4 Å². The minimum absolute atomic E-state index is 0.274. The van der Waals surface area contributed by atoms with E-state index in [-0.39, 0.29) is 6.04 Å². The molecular weight excluding hydrogens is 456 g/mol. The molecule has 0 aliphatic rings. The first-order valence-electron chi connectivity index (χ1n) is 5.88. The first-order chi connectivity index (χ1) is 9.10. The largest absolute Gasteiger partial charge is 0.310 e. The zero-order chi connectivity index (χ0) is 13.8. The number of aromatic nitrogens is 1. The monoisotopic (exact) mass is 466 g/mol. The normalized spacial score (nSPS) is 12.6. The Morgan fingerprint density at radius 2 is 2.11 bits per heavy atom. The molecule has 2 aromatic rings. The van der Waals surface area contributed by atoms with Crippen LogP contribution in [0.25, 0.3) is 0 Å². The Balaban J connectivity index is 2.20. The van der Waals surface area contributed by atoms with E-state index < -0.39 is 0 Å². The Morgan fingerprint density at radius 1 is 1.32 bits per heavy atom. The number of hydrogen-bond donors (Lipinski definition) is 1. The van der Waals surface area contributed by atoms with E-state index in [0.717, 1.165) is 26.9 Å². The van der Waals surface area contributed by atoms with Crippen molar-refractivity contribution in [3.63, 3.8) is 0 Å². The van der Waals surface area contributed by atoms with E-state index in [1.54, 1.807) is 11.3 Å². The number of likely N-dealkylation sites (N-methyl/N-ethyl adjacent to an activating group) is 1. The summed E-state index contributed by atoms with van der Waals surface area (Å²) in [4.78, 5) is 4.45. The lowest BCUT2D eigenvalue weighted by molar-refractivity contribution is 0.544.